The van der Waals surface area contributed by atoms with Crippen LogP contribution in [0.15, 0.2) is 105 Å². The molecule has 0 bridgehead atoms. The molecule has 180 valence electrons. The Balaban J connectivity index is 1.27. The predicted molar refractivity (Wildman–Crippen MR) is 128 cm³/mol. The Kier molecular flexibility index (Phi) is 5.12. The second kappa shape index (κ2) is 8.61. The number of ketones is 1. The highest BCUT2D eigenvalue weighted by Gasteiger charge is 2.40. The van der Waals surface area contributed by atoms with Gasteiger partial charge < -0.3 is 19.1 Å². The van der Waals surface area contributed by atoms with E-state index in [4.69, 9.17) is 14.0 Å². The average molecular weight is 493 g/mol. The van der Waals surface area contributed by atoms with Crippen molar-refractivity contribution in [1.82, 2.24) is 5.06 Å². The number of imide groups is 1. The van der Waals surface area contributed by atoms with Crippen molar-refractivity contribution in [2.45, 2.75) is 0 Å². The lowest BCUT2D eigenvalue weighted by atomic mass is 10.1. The lowest BCUT2D eigenvalue weighted by molar-refractivity contribution is -0.0140. The summed E-state index contributed by atoms with van der Waals surface area (Å²) in [5, 5.41) is 19.3. The molecule has 4 aromatic rings. The van der Waals surface area contributed by atoms with Crippen molar-refractivity contribution in [1.29, 1.82) is 0 Å². The molecule has 2 amide bonds. The van der Waals surface area contributed by atoms with Gasteiger partial charge in [0.15, 0.2) is 17.2 Å². The first-order valence-corrected chi connectivity index (χ1v) is 11.0. The number of fused-ring (bicyclic) bond motifs is 2. The van der Waals surface area contributed by atoms with Gasteiger partial charge in [-0.2, -0.15) is 0 Å². The number of carbonyl (C=O) groups excluding carboxylic acids is 3. The second-order valence-electron chi connectivity index (χ2n) is 7.98. The van der Waals surface area contributed by atoms with Gasteiger partial charge in [0.1, 0.15) is 5.75 Å². The van der Waals surface area contributed by atoms with E-state index >= 15 is 0 Å². The summed E-state index contributed by atoms with van der Waals surface area (Å²) in [5.74, 6) is -1.45. The minimum absolute atomic E-state index is 0.0237. The molecule has 2 aliphatic rings. The summed E-state index contributed by atoms with van der Waals surface area (Å²) < 4.78 is 10.7. The van der Waals surface area contributed by atoms with Crippen LogP contribution in [-0.4, -0.2) is 27.8 Å². The van der Waals surface area contributed by atoms with Crippen molar-refractivity contribution in [3.05, 3.63) is 113 Å². The first-order chi connectivity index (χ1) is 18.0. The van der Waals surface area contributed by atoms with E-state index in [1.54, 1.807) is 48.5 Å². The first-order valence-electron chi connectivity index (χ1n) is 11.0. The van der Waals surface area contributed by atoms with Gasteiger partial charge in [-0.05, 0) is 48.5 Å². The lowest BCUT2D eigenvalue weighted by Crippen LogP contribution is -2.33. The molecular weight excluding hydrogens is 478 g/mol. The van der Waals surface area contributed by atoms with E-state index in [0.717, 1.165) is 0 Å². The number of rotatable bonds is 6. The number of aliphatic hydroxyl groups excluding tert-OH is 1. The predicted octanol–water partition coefficient (Wildman–Crippen LogP) is 5.87. The topological polar surface area (TPSA) is 131 Å². The Labute approximate surface area is 208 Å². The fraction of sp³-hybridized carbons (Fsp3) is 0. The summed E-state index contributed by atoms with van der Waals surface area (Å²) in [6.07, 6.45) is 1.45. The maximum atomic E-state index is 13.0. The molecule has 0 atom stereocenters. The van der Waals surface area contributed by atoms with Gasteiger partial charge in [-0.25, -0.2) is 0 Å². The van der Waals surface area contributed by atoms with Gasteiger partial charge in [0.05, 0.1) is 23.1 Å². The van der Waals surface area contributed by atoms with E-state index < -0.39 is 17.6 Å². The maximum Gasteiger partial charge on any atom is 0.297 e. The Bertz CT molecular complexity index is 1640. The molecule has 0 radical (unpaired) electrons. The molecule has 1 aliphatic carbocycles. The number of amides is 2. The number of furan rings is 1. The zero-order valence-electron chi connectivity index (χ0n) is 18.8. The molecule has 37 heavy (non-hydrogen) atoms. The van der Waals surface area contributed by atoms with Crippen LogP contribution in [0.5, 0.6) is 17.4 Å². The lowest BCUT2D eigenvalue weighted by Gasteiger charge is -2.13. The number of aliphatic hydroxyl groups is 1. The third kappa shape index (κ3) is 3.73. The molecule has 1 aliphatic heterocycles. The molecule has 0 saturated carbocycles. The molecule has 10 heteroatoms. The molecule has 0 saturated heterocycles. The van der Waals surface area contributed by atoms with Crippen LogP contribution in [-0.2, 0) is 0 Å². The molecule has 1 aromatic heterocycles. The minimum atomic E-state index is -0.725. The summed E-state index contributed by atoms with van der Waals surface area (Å²) in [6.45, 7) is 0. The Hall–Kier alpha value is -5.51. The van der Waals surface area contributed by atoms with E-state index in [0.29, 0.717) is 16.6 Å². The van der Waals surface area contributed by atoms with Crippen LogP contribution < -0.4 is 9.57 Å². The molecule has 0 unspecified atom stereocenters. The number of para-hydroxylation sites is 1. The summed E-state index contributed by atoms with van der Waals surface area (Å²) in [5.41, 5.74) is 0.221. The van der Waals surface area contributed by atoms with Crippen molar-refractivity contribution >= 4 is 29.0 Å². The van der Waals surface area contributed by atoms with Gasteiger partial charge in [0.25, 0.3) is 17.8 Å². The van der Waals surface area contributed by atoms with Crippen molar-refractivity contribution in [3.8, 4) is 17.4 Å². The van der Waals surface area contributed by atoms with Crippen molar-refractivity contribution in [2.75, 3.05) is 0 Å². The number of nitrogens with zero attached hydrogens (tertiary/aromatic N) is 3. The Morgan fingerprint density at radius 3 is 2.38 bits per heavy atom. The van der Waals surface area contributed by atoms with Gasteiger partial charge in [-0.15, -0.1) is 10.2 Å². The number of hydroxylamine groups is 2. The van der Waals surface area contributed by atoms with Crippen LogP contribution >= 0.6 is 0 Å². The van der Waals surface area contributed by atoms with E-state index in [9.17, 15) is 19.5 Å². The second-order valence-corrected chi connectivity index (χ2v) is 7.98. The fourth-order valence-electron chi connectivity index (χ4n) is 3.98. The van der Waals surface area contributed by atoms with Gasteiger partial charge >= 0.3 is 0 Å². The number of hydrogen-bond acceptors (Lipinski definition) is 9. The van der Waals surface area contributed by atoms with E-state index in [1.807, 2.05) is 0 Å². The summed E-state index contributed by atoms with van der Waals surface area (Å²) in [7, 11) is 0. The number of Topliss-reactive ketones (excluding diaryl/α,β-unsaturated/α-hetero) is 1. The molecule has 0 fully saturated rings. The monoisotopic (exact) mass is 493 g/mol. The van der Waals surface area contributed by atoms with Crippen molar-refractivity contribution < 1.29 is 33.5 Å². The largest absolute Gasteiger partial charge is 0.505 e. The van der Waals surface area contributed by atoms with Gasteiger partial charge in [0, 0.05) is 17.2 Å². The summed E-state index contributed by atoms with van der Waals surface area (Å²) >= 11 is 0. The zero-order valence-corrected chi connectivity index (χ0v) is 18.8. The smallest absolute Gasteiger partial charge is 0.297 e. The summed E-state index contributed by atoms with van der Waals surface area (Å²) in [4.78, 5) is 44.3. The van der Waals surface area contributed by atoms with Crippen LogP contribution in [0.1, 0.15) is 36.6 Å². The van der Waals surface area contributed by atoms with Gasteiger partial charge in [-0.3, -0.25) is 14.4 Å². The van der Waals surface area contributed by atoms with E-state index in [-0.39, 0.29) is 45.3 Å². The number of ether oxygens (including phenoxy) is 1. The third-order valence-electron chi connectivity index (χ3n) is 5.70. The van der Waals surface area contributed by atoms with E-state index in [2.05, 4.69) is 10.2 Å². The van der Waals surface area contributed by atoms with E-state index in [1.165, 1.54) is 36.6 Å². The van der Waals surface area contributed by atoms with Crippen molar-refractivity contribution in [3.63, 3.8) is 0 Å². The molecule has 2 heterocycles. The van der Waals surface area contributed by atoms with Crippen LogP contribution in [0.25, 0.3) is 5.76 Å². The molecule has 0 spiro atoms. The van der Waals surface area contributed by atoms with Crippen LogP contribution in [0, 0.1) is 0 Å². The highest BCUT2D eigenvalue weighted by Crippen LogP contribution is 2.37. The van der Waals surface area contributed by atoms with Crippen LogP contribution in [0.2, 0.25) is 0 Å². The SMILES string of the molecule is O=C1C(N=Nc2cccc3c2C(=O)N(Oc2ccccc2)C3=O)=C(O)c2ccc(Oc3ccco3)cc21. The fourth-order valence-corrected chi connectivity index (χ4v) is 3.98. The maximum absolute atomic E-state index is 13.0. The molecule has 10 nitrogen and oxygen atoms in total. The normalized spacial score (nSPS) is 14.5. The van der Waals surface area contributed by atoms with Crippen LogP contribution in [0.3, 0.4) is 0 Å². The zero-order chi connectivity index (χ0) is 25.5. The highest BCUT2D eigenvalue weighted by molar-refractivity contribution is 6.23. The average Bonchev–Trinajstić information content (AvgIpc) is 3.58. The number of hydrogen-bond donors (Lipinski definition) is 1. The molecule has 3 aromatic carbocycles. The van der Waals surface area contributed by atoms with Crippen molar-refractivity contribution in [2.24, 2.45) is 10.2 Å². The number of benzene rings is 3. The molecular formula is C27H15N3O7. The quantitative estimate of drug-likeness (QED) is 0.262. The number of carbonyl (C=O) groups is 3. The van der Waals surface area contributed by atoms with Gasteiger partial charge in [-0.1, -0.05) is 29.3 Å². The molecule has 1 N–H and O–H groups in total. The van der Waals surface area contributed by atoms with Gasteiger partial charge in [0.2, 0.25) is 5.78 Å². The summed E-state index contributed by atoms with van der Waals surface area (Å²) in [6, 6.07) is 20.7. The minimum Gasteiger partial charge on any atom is -0.505 e. The number of azo groups is 1. The standard InChI is InChI=1S/C27H15N3O7/c31-24-17-12-11-16(36-21-10-5-13-35-21)14-19(17)25(32)23(24)29-28-20-9-4-8-18-22(20)27(34)30(26(18)33)37-15-6-2-1-3-7-15/h1-14,31H. The highest BCUT2D eigenvalue weighted by atomic mass is 16.7. The number of allylic oxidation sites excluding steroid dienone is 1. The molecule has 6 rings (SSSR count). The third-order valence-corrected chi connectivity index (χ3v) is 5.70. The van der Waals surface area contributed by atoms with Crippen LogP contribution in [0.4, 0.5) is 5.69 Å². The Morgan fingerprint density at radius 2 is 1.59 bits per heavy atom. The Morgan fingerprint density at radius 1 is 0.757 bits per heavy atom. The first kappa shape index (κ1) is 22.0.